The molecule has 1 amide bonds. The van der Waals surface area contributed by atoms with E-state index < -0.39 is 16.1 Å². The number of hydrogen-bond donors (Lipinski definition) is 2. The van der Waals surface area contributed by atoms with Gasteiger partial charge < -0.3 is 5.32 Å². The largest absolute Gasteiger partial charge is 0.325 e. The highest BCUT2D eigenvalue weighted by atomic mass is 32.2. The second kappa shape index (κ2) is 10.6. The molecule has 3 aromatic rings. The van der Waals surface area contributed by atoms with Crippen LogP contribution in [-0.4, -0.2) is 37.8 Å². The van der Waals surface area contributed by atoms with Crippen LogP contribution in [0.5, 0.6) is 0 Å². The van der Waals surface area contributed by atoms with Gasteiger partial charge >= 0.3 is 0 Å². The minimum Gasteiger partial charge on any atom is -0.325 e. The van der Waals surface area contributed by atoms with Crippen LogP contribution in [0.15, 0.2) is 77.0 Å². The van der Waals surface area contributed by atoms with Crippen molar-refractivity contribution >= 4 is 33.0 Å². The molecule has 0 unspecified atom stereocenters. The molecule has 6 nitrogen and oxygen atoms in total. The first-order valence-electron chi connectivity index (χ1n) is 11.2. The topological polar surface area (TPSA) is 78.5 Å². The van der Waals surface area contributed by atoms with Crippen LogP contribution in [0.3, 0.4) is 0 Å². The second-order valence-corrected chi connectivity index (χ2v) is 11.1. The molecule has 0 bridgehead atoms. The maximum absolute atomic E-state index is 12.9. The molecule has 2 N–H and O–H groups in total. The number of nitrogens with one attached hydrogen (secondary N) is 2. The maximum atomic E-state index is 12.9. The van der Waals surface area contributed by atoms with Crippen molar-refractivity contribution in [2.45, 2.75) is 43.2 Å². The Kier molecular flexibility index (Phi) is 7.60. The van der Waals surface area contributed by atoms with Gasteiger partial charge in [0.15, 0.2) is 0 Å². The number of hydrogen-bond acceptors (Lipinski definition) is 5. The van der Waals surface area contributed by atoms with Crippen LogP contribution in [0.4, 0.5) is 5.69 Å². The van der Waals surface area contributed by atoms with Crippen molar-refractivity contribution in [2.75, 3.05) is 18.4 Å². The van der Waals surface area contributed by atoms with E-state index in [0.29, 0.717) is 18.8 Å². The summed E-state index contributed by atoms with van der Waals surface area (Å²) in [4.78, 5) is 14.3. The third kappa shape index (κ3) is 5.70. The average molecular weight is 484 g/mol. The van der Waals surface area contributed by atoms with Gasteiger partial charge in [0, 0.05) is 23.7 Å². The number of thiophene rings is 1. The summed E-state index contributed by atoms with van der Waals surface area (Å²) in [5.74, 6) is -0.181. The van der Waals surface area contributed by atoms with Gasteiger partial charge in [0.05, 0.1) is 17.0 Å². The fourth-order valence-corrected chi connectivity index (χ4v) is 6.31. The Bertz CT molecular complexity index is 1140. The lowest BCUT2D eigenvalue weighted by Crippen LogP contribution is -2.40. The lowest BCUT2D eigenvalue weighted by molar-refractivity contribution is -0.117. The zero-order valence-electron chi connectivity index (χ0n) is 18.6. The van der Waals surface area contributed by atoms with E-state index in [2.05, 4.69) is 16.7 Å². The predicted octanol–water partition coefficient (Wildman–Crippen LogP) is 4.63. The standard InChI is InChI=1S/C25H29N3O3S2/c1-19(26-24(23-11-8-18-32-23)20-9-4-2-5-10-20)25(29)27-21-12-14-22(15-13-21)33(30,31)28-16-6-3-7-17-28/h2,4-5,8-15,18-19,24,26H,3,6-7,16-17H2,1H3,(H,27,29)/t19-,24-/m1/s1. The summed E-state index contributed by atoms with van der Waals surface area (Å²) in [6.07, 6.45) is 2.86. The summed E-state index contributed by atoms with van der Waals surface area (Å²) in [6.45, 7) is 2.96. The first-order chi connectivity index (χ1) is 15.9. The first kappa shape index (κ1) is 23.6. The van der Waals surface area contributed by atoms with Gasteiger partial charge in [-0.1, -0.05) is 42.8 Å². The zero-order chi connectivity index (χ0) is 23.3. The summed E-state index contributed by atoms with van der Waals surface area (Å²) in [5, 5.41) is 8.35. The fourth-order valence-electron chi connectivity index (χ4n) is 3.98. The lowest BCUT2D eigenvalue weighted by atomic mass is 10.0. The van der Waals surface area contributed by atoms with Gasteiger partial charge in [-0.3, -0.25) is 10.1 Å². The van der Waals surface area contributed by atoms with Gasteiger partial charge in [-0.15, -0.1) is 11.3 Å². The molecule has 1 saturated heterocycles. The summed E-state index contributed by atoms with van der Waals surface area (Å²) < 4.78 is 27.2. The Balaban J connectivity index is 1.42. The van der Waals surface area contributed by atoms with Crippen molar-refractivity contribution in [3.05, 3.63) is 82.6 Å². The van der Waals surface area contributed by atoms with Crippen molar-refractivity contribution in [3.8, 4) is 0 Å². The predicted molar refractivity (Wildman–Crippen MR) is 133 cm³/mol. The van der Waals surface area contributed by atoms with E-state index in [1.165, 1.54) is 0 Å². The third-order valence-electron chi connectivity index (χ3n) is 5.85. The minimum absolute atomic E-state index is 0.0935. The molecule has 0 radical (unpaired) electrons. The number of amides is 1. The molecule has 0 saturated carbocycles. The molecule has 1 aliphatic rings. The smallest absolute Gasteiger partial charge is 0.243 e. The van der Waals surface area contributed by atoms with Crippen molar-refractivity contribution in [2.24, 2.45) is 0 Å². The van der Waals surface area contributed by atoms with Crippen LogP contribution >= 0.6 is 11.3 Å². The monoisotopic (exact) mass is 483 g/mol. The normalized spacial score (nSPS) is 16.8. The Morgan fingerprint density at radius 2 is 1.64 bits per heavy atom. The van der Waals surface area contributed by atoms with E-state index in [4.69, 9.17) is 0 Å². The second-order valence-electron chi connectivity index (χ2n) is 8.23. The summed E-state index contributed by atoms with van der Waals surface area (Å²) in [5.41, 5.74) is 1.66. The highest BCUT2D eigenvalue weighted by Gasteiger charge is 2.26. The van der Waals surface area contributed by atoms with E-state index in [0.717, 1.165) is 29.7 Å². The average Bonchev–Trinajstić information content (AvgIpc) is 3.38. The molecule has 0 aliphatic carbocycles. The van der Waals surface area contributed by atoms with Crippen LogP contribution in [0, 0.1) is 0 Å². The lowest BCUT2D eigenvalue weighted by Gasteiger charge is -2.26. The summed E-state index contributed by atoms with van der Waals surface area (Å²) in [6, 6.07) is 20.0. The van der Waals surface area contributed by atoms with E-state index in [-0.39, 0.29) is 16.8 Å². The molecular formula is C25H29N3O3S2. The molecule has 8 heteroatoms. The van der Waals surface area contributed by atoms with Gasteiger partial charge in [-0.25, -0.2) is 8.42 Å². The Hall–Kier alpha value is -2.52. The maximum Gasteiger partial charge on any atom is 0.243 e. The SMILES string of the molecule is C[C@@H](N[C@H](c1ccccc1)c1cccs1)C(=O)Nc1ccc(S(=O)(=O)N2CCCCC2)cc1. The Morgan fingerprint density at radius 1 is 0.939 bits per heavy atom. The van der Waals surface area contributed by atoms with Crippen LogP contribution in [0.2, 0.25) is 0 Å². The Labute approximate surface area is 199 Å². The first-order valence-corrected chi connectivity index (χ1v) is 13.5. The van der Waals surface area contributed by atoms with E-state index in [1.54, 1.807) is 39.9 Å². The van der Waals surface area contributed by atoms with Gasteiger partial charge in [0.1, 0.15) is 0 Å². The van der Waals surface area contributed by atoms with Crippen LogP contribution in [0.25, 0.3) is 0 Å². The zero-order valence-corrected chi connectivity index (χ0v) is 20.2. The highest BCUT2D eigenvalue weighted by molar-refractivity contribution is 7.89. The van der Waals surface area contributed by atoms with Crippen molar-refractivity contribution < 1.29 is 13.2 Å². The molecule has 1 aliphatic heterocycles. The number of nitrogens with zero attached hydrogens (tertiary/aromatic N) is 1. The van der Waals surface area contributed by atoms with Gasteiger partial charge in [0.2, 0.25) is 15.9 Å². The van der Waals surface area contributed by atoms with Crippen LogP contribution in [-0.2, 0) is 14.8 Å². The number of anilines is 1. The molecule has 2 heterocycles. The van der Waals surface area contributed by atoms with Gasteiger partial charge in [0.25, 0.3) is 0 Å². The fraction of sp³-hybridized carbons (Fsp3) is 0.320. The molecular weight excluding hydrogens is 454 g/mol. The molecule has 0 spiro atoms. The quantitative estimate of drug-likeness (QED) is 0.490. The van der Waals surface area contributed by atoms with E-state index in [9.17, 15) is 13.2 Å². The molecule has 1 fully saturated rings. The number of carbonyl (C=O) groups excluding carboxylic acids is 1. The molecule has 174 valence electrons. The van der Waals surface area contributed by atoms with Crippen molar-refractivity contribution in [1.29, 1.82) is 0 Å². The molecule has 2 aromatic carbocycles. The summed E-state index contributed by atoms with van der Waals surface area (Å²) in [7, 11) is -3.49. The number of sulfonamides is 1. The van der Waals surface area contributed by atoms with Gasteiger partial charge in [-0.2, -0.15) is 4.31 Å². The van der Waals surface area contributed by atoms with Gasteiger partial charge in [-0.05, 0) is 61.0 Å². The number of rotatable bonds is 8. The molecule has 1 aromatic heterocycles. The van der Waals surface area contributed by atoms with E-state index in [1.807, 2.05) is 48.7 Å². The molecule has 33 heavy (non-hydrogen) atoms. The summed E-state index contributed by atoms with van der Waals surface area (Å²) >= 11 is 1.64. The highest BCUT2D eigenvalue weighted by Crippen LogP contribution is 2.27. The molecule has 4 rings (SSSR count). The minimum atomic E-state index is -3.49. The van der Waals surface area contributed by atoms with Crippen molar-refractivity contribution in [3.63, 3.8) is 0 Å². The van der Waals surface area contributed by atoms with E-state index >= 15 is 0 Å². The number of piperidine rings is 1. The number of benzene rings is 2. The van der Waals surface area contributed by atoms with Crippen LogP contribution in [0.1, 0.15) is 42.7 Å². The molecule has 2 atom stereocenters. The third-order valence-corrected chi connectivity index (χ3v) is 8.70. The number of carbonyl (C=O) groups is 1. The Morgan fingerprint density at radius 3 is 2.27 bits per heavy atom. The van der Waals surface area contributed by atoms with Crippen LogP contribution < -0.4 is 10.6 Å². The van der Waals surface area contributed by atoms with Crippen molar-refractivity contribution in [1.82, 2.24) is 9.62 Å².